The summed E-state index contributed by atoms with van der Waals surface area (Å²) in [6, 6.07) is 3.73. The Bertz CT molecular complexity index is 506. The summed E-state index contributed by atoms with van der Waals surface area (Å²) in [5.41, 5.74) is 0. The van der Waals surface area contributed by atoms with Gasteiger partial charge in [-0.3, -0.25) is 9.59 Å². The Balaban J connectivity index is 1.84. The van der Waals surface area contributed by atoms with Gasteiger partial charge in [0, 0.05) is 12.5 Å². The molecule has 0 spiro atoms. The van der Waals surface area contributed by atoms with E-state index in [1.165, 1.54) is 0 Å². The first kappa shape index (κ1) is 15.4. The van der Waals surface area contributed by atoms with Crippen LogP contribution in [0.5, 0.6) is 0 Å². The maximum absolute atomic E-state index is 12.3. The summed E-state index contributed by atoms with van der Waals surface area (Å²) in [6.45, 7) is 1.93. The van der Waals surface area contributed by atoms with Gasteiger partial charge in [0.2, 0.25) is 5.91 Å². The molecule has 1 heterocycles. The van der Waals surface area contributed by atoms with Crippen LogP contribution in [-0.4, -0.2) is 23.0 Å². The highest BCUT2D eigenvalue weighted by Crippen LogP contribution is 2.26. The normalized spacial score (nSPS) is 22.7. The molecule has 0 aliphatic heterocycles. The SMILES string of the molecule is CC(CCc1ccco1)NC(=O)C1CC=CCC1C(=O)O. The number of hydrogen-bond donors (Lipinski definition) is 2. The Kier molecular flexibility index (Phi) is 5.20. The van der Waals surface area contributed by atoms with Crippen molar-refractivity contribution in [3.05, 3.63) is 36.3 Å². The fourth-order valence-corrected chi connectivity index (χ4v) is 2.61. The summed E-state index contributed by atoms with van der Waals surface area (Å²) in [6.07, 6.45) is 7.79. The van der Waals surface area contributed by atoms with Crippen LogP contribution < -0.4 is 5.32 Å². The number of hydrogen-bond acceptors (Lipinski definition) is 3. The second-order valence-electron chi connectivity index (χ2n) is 5.52. The van der Waals surface area contributed by atoms with Gasteiger partial charge < -0.3 is 14.8 Å². The molecule has 0 radical (unpaired) electrons. The van der Waals surface area contributed by atoms with Gasteiger partial charge in [0.15, 0.2) is 0 Å². The molecular weight excluding hydrogens is 270 g/mol. The van der Waals surface area contributed by atoms with E-state index in [1.807, 2.05) is 31.2 Å². The molecular formula is C16H21NO4. The molecule has 21 heavy (non-hydrogen) atoms. The van der Waals surface area contributed by atoms with E-state index in [9.17, 15) is 14.7 Å². The summed E-state index contributed by atoms with van der Waals surface area (Å²) < 4.78 is 5.25. The van der Waals surface area contributed by atoms with Crippen LogP contribution in [0, 0.1) is 11.8 Å². The fourth-order valence-electron chi connectivity index (χ4n) is 2.61. The van der Waals surface area contributed by atoms with Crippen LogP contribution in [0.1, 0.15) is 31.9 Å². The zero-order chi connectivity index (χ0) is 15.2. The van der Waals surface area contributed by atoms with Crippen molar-refractivity contribution in [2.24, 2.45) is 11.8 Å². The van der Waals surface area contributed by atoms with E-state index in [2.05, 4.69) is 5.32 Å². The molecule has 5 heteroatoms. The largest absolute Gasteiger partial charge is 0.481 e. The molecule has 0 fully saturated rings. The highest BCUT2D eigenvalue weighted by Gasteiger charge is 2.34. The van der Waals surface area contributed by atoms with E-state index >= 15 is 0 Å². The zero-order valence-corrected chi connectivity index (χ0v) is 12.1. The van der Waals surface area contributed by atoms with E-state index in [-0.39, 0.29) is 11.9 Å². The molecule has 2 N–H and O–H groups in total. The molecule has 2 rings (SSSR count). The first-order valence-electron chi connectivity index (χ1n) is 7.28. The molecule has 114 valence electrons. The number of furan rings is 1. The average molecular weight is 291 g/mol. The Morgan fingerprint density at radius 3 is 2.71 bits per heavy atom. The first-order valence-corrected chi connectivity index (χ1v) is 7.28. The number of carboxylic acids is 1. The fraction of sp³-hybridized carbons (Fsp3) is 0.500. The van der Waals surface area contributed by atoms with Crippen LogP contribution >= 0.6 is 0 Å². The predicted molar refractivity (Wildman–Crippen MR) is 77.6 cm³/mol. The van der Waals surface area contributed by atoms with Crippen molar-refractivity contribution < 1.29 is 19.1 Å². The third kappa shape index (κ3) is 4.21. The van der Waals surface area contributed by atoms with Crippen LogP contribution in [0.3, 0.4) is 0 Å². The average Bonchev–Trinajstić information content (AvgIpc) is 2.98. The Hall–Kier alpha value is -2.04. The number of amides is 1. The summed E-state index contributed by atoms with van der Waals surface area (Å²) in [5.74, 6) is -1.27. The van der Waals surface area contributed by atoms with Crippen molar-refractivity contribution in [3.63, 3.8) is 0 Å². The van der Waals surface area contributed by atoms with Gasteiger partial charge in [0.05, 0.1) is 18.1 Å². The third-order valence-corrected chi connectivity index (χ3v) is 3.88. The second-order valence-corrected chi connectivity index (χ2v) is 5.52. The smallest absolute Gasteiger partial charge is 0.307 e. The minimum Gasteiger partial charge on any atom is -0.481 e. The molecule has 1 aliphatic rings. The van der Waals surface area contributed by atoms with Gasteiger partial charge in [-0.25, -0.2) is 0 Å². The van der Waals surface area contributed by atoms with Crippen LogP contribution in [0.25, 0.3) is 0 Å². The van der Waals surface area contributed by atoms with Crippen LogP contribution in [-0.2, 0) is 16.0 Å². The number of allylic oxidation sites excluding steroid dienone is 2. The van der Waals surface area contributed by atoms with Gasteiger partial charge in [-0.1, -0.05) is 12.2 Å². The third-order valence-electron chi connectivity index (χ3n) is 3.88. The molecule has 1 amide bonds. The van der Waals surface area contributed by atoms with E-state index in [0.717, 1.165) is 18.6 Å². The van der Waals surface area contributed by atoms with Crippen molar-refractivity contribution >= 4 is 11.9 Å². The van der Waals surface area contributed by atoms with Crippen molar-refractivity contribution in [1.82, 2.24) is 5.32 Å². The molecule has 0 aromatic carbocycles. The van der Waals surface area contributed by atoms with Gasteiger partial charge in [-0.2, -0.15) is 0 Å². The molecule has 5 nitrogen and oxygen atoms in total. The second kappa shape index (κ2) is 7.11. The van der Waals surface area contributed by atoms with Crippen molar-refractivity contribution in [2.45, 2.75) is 38.6 Å². The molecule has 1 aromatic rings. The molecule has 0 bridgehead atoms. The van der Waals surface area contributed by atoms with Crippen molar-refractivity contribution in [3.8, 4) is 0 Å². The monoisotopic (exact) mass is 291 g/mol. The maximum atomic E-state index is 12.3. The lowest BCUT2D eigenvalue weighted by Crippen LogP contribution is -2.42. The lowest BCUT2D eigenvalue weighted by atomic mass is 9.82. The quantitative estimate of drug-likeness (QED) is 0.789. The highest BCUT2D eigenvalue weighted by molar-refractivity contribution is 5.85. The summed E-state index contributed by atoms with van der Waals surface area (Å²) >= 11 is 0. The molecule has 1 aliphatic carbocycles. The van der Waals surface area contributed by atoms with Gasteiger partial charge >= 0.3 is 5.97 Å². The van der Waals surface area contributed by atoms with E-state index in [1.54, 1.807) is 6.26 Å². The van der Waals surface area contributed by atoms with Crippen LogP contribution in [0.4, 0.5) is 0 Å². The molecule has 0 saturated heterocycles. The van der Waals surface area contributed by atoms with E-state index in [0.29, 0.717) is 12.8 Å². The van der Waals surface area contributed by atoms with Crippen molar-refractivity contribution in [2.75, 3.05) is 0 Å². The summed E-state index contributed by atoms with van der Waals surface area (Å²) in [4.78, 5) is 23.5. The standard InChI is InChI=1S/C16H21NO4/c1-11(8-9-12-5-4-10-21-12)17-15(18)13-6-2-3-7-14(13)16(19)20/h2-5,10-11,13-14H,6-9H2,1H3,(H,17,18)(H,19,20). The number of nitrogens with one attached hydrogen (secondary N) is 1. The predicted octanol–water partition coefficient (Wildman–Crippen LogP) is 2.38. The van der Waals surface area contributed by atoms with Gasteiger partial charge in [0.1, 0.15) is 5.76 Å². The van der Waals surface area contributed by atoms with Crippen molar-refractivity contribution in [1.29, 1.82) is 0 Å². The Morgan fingerprint density at radius 1 is 1.38 bits per heavy atom. The van der Waals surface area contributed by atoms with Crippen LogP contribution in [0.2, 0.25) is 0 Å². The minimum atomic E-state index is -0.900. The number of carbonyl (C=O) groups is 2. The Labute approximate surface area is 124 Å². The van der Waals surface area contributed by atoms with Gasteiger partial charge in [-0.05, 0) is 38.3 Å². The topological polar surface area (TPSA) is 79.5 Å². The highest BCUT2D eigenvalue weighted by atomic mass is 16.4. The Morgan fingerprint density at radius 2 is 2.10 bits per heavy atom. The first-order chi connectivity index (χ1) is 10.1. The number of rotatable bonds is 6. The molecule has 3 atom stereocenters. The van der Waals surface area contributed by atoms with Crippen LogP contribution in [0.15, 0.2) is 35.0 Å². The lowest BCUT2D eigenvalue weighted by Gasteiger charge is -2.26. The number of carbonyl (C=O) groups excluding carboxylic acids is 1. The van der Waals surface area contributed by atoms with Gasteiger partial charge in [0.25, 0.3) is 0 Å². The minimum absolute atomic E-state index is 0.0112. The van der Waals surface area contributed by atoms with E-state index < -0.39 is 17.8 Å². The molecule has 0 saturated carbocycles. The molecule has 1 aromatic heterocycles. The summed E-state index contributed by atoms with van der Waals surface area (Å²) in [5, 5.41) is 12.1. The van der Waals surface area contributed by atoms with E-state index in [4.69, 9.17) is 4.42 Å². The zero-order valence-electron chi connectivity index (χ0n) is 12.1. The van der Waals surface area contributed by atoms with Gasteiger partial charge in [-0.15, -0.1) is 0 Å². The lowest BCUT2D eigenvalue weighted by molar-refractivity contribution is -0.147. The maximum Gasteiger partial charge on any atom is 0.307 e. The number of carboxylic acid groups (broad SMARTS) is 1. The number of aliphatic carboxylic acids is 1. The molecule has 3 unspecified atom stereocenters. The summed E-state index contributed by atoms with van der Waals surface area (Å²) in [7, 11) is 0. The number of aryl methyl sites for hydroxylation is 1.